The van der Waals surface area contributed by atoms with Crippen LogP contribution in [0.4, 0.5) is 11.5 Å². The fraction of sp³-hybridized carbons (Fsp3) is 0.222. The number of likely N-dealkylation sites (N-methyl/N-ethyl adjacent to an activating group) is 1. The molecule has 0 amide bonds. The SMILES string of the molecule is C=CCN(C)c1ncc(Cl)cc1N. The van der Waals surface area contributed by atoms with Crippen molar-refractivity contribution in [2.75, 3.05) is 24.2 Å². The van der Waals surface area contributed by atoms with Gasteiger partial charge in [-0.1, -0.05) is 17.7 Å². The third kappa shape index (κ3) is 2.36. The van der Waals surface area contributed by atoms with E-state index in [1.807, 2.05) is 11.9 Å². The molecule has 1 aromatic rings. The summed E-state index contributed by atoms with van der Waals surface area (Å²) in [6, 6.07) is 1.68. The van der Waals surface area contributed by atoms with Gasteiger partial charge in [0.05, 0.1) is 10.7 Å². The summed E-state index contributed by atoms with van der Waals surface area (Å²) < 4.78 is 0. The van der Waals surface area contributed by atoms with Crippen molar-refractivity contribution in [1.29, 1.82) is 0 Å². The molecule has 0 radical (unpaired) electrons. The van der Waals surface area contributed by atoms with Crippen molar-refractivity contribution in [2.24, 2.45) is 0 Å². The van der Waals surface area contributed by atoms with Crippen LogP contribution in [-0.4, -0.2) is 18.6 Å². The zero-order valence-electron chi connectivity index (χ0n) is 7.50. The van der Waals surface area contributed by atoms with Gasteiger partial charge in [-0.3, -0.25) is 0 Å². The Hall–Kier alpha value is -1.22. The van der Waals surface area contributed by atoms with E-state index in [1.165, 1.54) is 0 Å². The maximum atomic E-state index is 5.73. The number of halogens is 1. The lowest BCUT2D eigenvalue weighted by molar-refractivity contribution is 0.995. The molecular weight excluding hydrogens is 186 g/mol. The van der Waals surface area contributed by atoms with E-state index in [4.69, 9.17) is 17.3 Å². The number of nitrogen functional groups attached to an aromatic ring is 1. The van der Waals surface area contributed by atoms with Crippen LogP contribution in [0.5, 0.6) is 0 Å². The molecular formula is C9H12ClN3. The van der Waals surface area contributed by atoms with Crippen molar-refractivity contribution in [3.8, 4) is 0 Å². The first kappa shape index (κ1) is 9.86. The molecule has 70 valence electrons. The summed E-state index contributed by atoms with van der Waals surface area (Å²) >= 11 is 5.72. The van der Waals surface area contributed by atoms with Crippen molar-refractivity contribution in [3.63, 3.8) is 0 Å². The van der Waals surface area contributed by atoms with Gasteiger partial charge < -0.3 is 10.6 Å². The summed E-state index contributed by atoms with van der Waals surface area (Å²) in [6.07, 6.45) is 3.36. The minimum Gasteiger partial charge on any atom is -0.396 e. The van der Waals surface area contributed by atoms with E-state index in [2.05, 4.69) is 11.6 Å². The van der Waals surface area contributed by atoms with Crippen LogP contribution < -0.4 is 10.6 Å². The predicted octanol–water partition coefficient (Wildman–Crippen LogP) is 1.94. The van der Waals surface area contributed by atoms with E-state index < -0.39 is 0 Å². The van der Waals surface area contributed by atoms with Gasteiger partial charge in [-0.25, -0.2) is 4.98 Å². The first-order valence-corrected chi connectivity index (χ1v) is 4.26. The summed E-state index contributed by atoms with van der Waals surface area (Å²) in [4.78, 5) is 6.02. The number of pyridine rings is 1. The van der Waals surface area contributed by atoms with Crippen molar-refractivity contribution < 1.29 is 0 Å². The minimum atomic E-state index is 0.549. The zero-order chi connectivity index (χ0) is 9.84. The lowest BCUT2D eigenvalue weighted by Crippen LogP contribution is -2.19. The summed E-state index contributed by atoms with van der Waals surface area (Å²) in [5, 5.41) is 0.549. The average molecular weight is 198 g/mol. The molecule has 3 nitrogen and oxygen atoms in total. The van der Waals surface area contributed by atoms with E-state index in [9.17, 15) is 0 Å². The molecule has 1 rings (SSSR count). The molecule has 0 atom stereocenters. The fourth-order valence-corrected chi connectivity index (χ4v) is 1.21. The van der Waals surface area contributed by atoms with E-state index in [1.54, 1.807) is 18.3 Å². The number of nitrogens with zero attached hydrogens (tertiary/aromatic N) is 2. The number of anilines is 2. The second kappa shape index (κ2) is 4.14. The minimum absolute atomic E-state index is 0.549. The number of aromatic nitrogens is 1. The first-order chi connectivity index (χ1) is 6.15. The molecule has 0 saturated heterocycles. The van der Waals surface area contributed by atoms with E-state index in [0.29, 0.717) is 17.3 Å². The molecule has 1 heterocycles. The molecule has 0 bridgehead atoms. The standard InChI is InChI=1S/C9H12ClN3/c1-3-4-13(2)9-8(11)5-7(10)6-12-9/h3,5-6H,1,4,11H2,2H3. The summed E-state index contributed by atoms with van der Waals surface area (Å²) in [6.45, 7) is 4.34. The quantitative estimate of drug-likeness (QED) is 0.754. The third-order valence-corrected chi connectivity index (χ3v) is 1.83. The monoisotopic (exact) mass is 197 g/mol. The Labute approximate surface area is 82.8 Å². The molecule has 0 aliphatic carbocycles. The second-order valence-electron chi connectivity index (χ2n) is 2.74. The molecule has 0 aliphatic heterocycles. The smallest absolute Gasteiger partial charge is 0.151 e. The van der Waals surface area contributed by atoms with Crippen LogP contribution in [0.2, 0.25) is 5.02 Å². The van der Waals surface area contributed by atoms with Gasteiger partial charge in [0.25, 0.3) is 0 Å². The van der Waals surface area contributed by atoms with Gasteiger partial charge in [0.1, 0.15) is 0 Å². The number of rotatable bonds is 3. The maximum absolute atomic E-state index is 5.73. The lowest BCUT2D eigenvalue weighted by Gasteiger charge is -2.17. The number of hydrogen-bond acceptors (Lipinski definition) is 3. The normalized spacial score (nSPS) is 9.69. The van der Waals surface area contributed by atoms with Crippen molar-refractivity contribution in [2.45, 2.75) is 0 Å². The van der Waals surface area contributed by atoms with E-state index >= 15 is 0 Å². The van der Waals surface area contributed by atoms with Crippen LogP contribution in [-0.2, 0) is 0 Å². The van der Waals surface area contributed by atoms with Crippen LogP contribution in [0.3, 0.4) is 0 Å². The predicted molar refractivity (Wildman–Crippen MR) is 57.1 cm³/mol. The Morgan fingerprint density at radius 1 is 1.77 bits per heavy atom. The first-order valence-electron chi connectivity index (χ1n) is 3.88. The van der Waals surface area contributed by atoms with Gasteiger partial charge in [0.15, 0.2) is 5.82 Å². The molecule has 1 aromatic heterocycles. The Bertz CT molecular complexity index is 312. The fourth-order valence-electron chi connectivity index (χ4n) is 1.05. The Kier molecular flexibility index (Phi) is 3.14. The summed E-state index contributed by atoms with van der Waals surface area (Å²) in [5.41, 5.74) is 6.31. The number of hydrogen-bond donors (Lipinski definition) is 1. The van der Waals surface area contributed by atoms with Crippen LogP contribution in [0.25, 0.3) is 0 Å². The zero-order valence-corrected chi connectivity index (χ0v) is 8.25. The molecule has 4 heteroatoms. The Balaban J connectivity index is 2.94. The summed E-state index contributed by atoms with van der Waals surface area (Å²) in [7, 11) is 1.90. The second-order valence-corrected chi connectivity index (χ2v) is 3.17. The van der Waals surface area contributed by atoms with E-state index in [-0.39, 0.29) is 0 Å². The largest absolute Gasteiger partial charge is 0.396 e. The molecule has 0 unspecified atom stereocenters. The molecule has 0 fully saturated rings. The van der Waals surface area contributed by atoms with Gasteiger partial charge in [-0.15, -0.1) is 6.58 Å². The van der Waals surface area contributed by atoms with Gasteiger partial charge in [-0.2, -0.15) is 0 Å². The van der Waals surface area contributed by atoms with Gasteiger partial charge in [0.2, 0.25) is 0 Å². The van der Waals surface area contributed by atoms with Gasteiger partial charge >= 0.3 is 0 Å². The van der Waals surface area contributed by atoms with Gasteiger partial charge in [-0.05, 0) is 6.07 Å². The van der Waals surface area contributed by atoms with Crippen LogP contribution >= 0.6 is 11.6 Å². The van der Waals surface area contributed by atoms with Gasteiger partial charge in [0, 0.05) is 19.8 Å². The van der Waals surface area contributed by atoms with E-state index in [0.717, 1.165) is 5.82 Å². The molecule has 0 aromatic carbocycles. The molecule has 2 N–H and O–H groups in total. The van der Waals surface area contributed by atoms with Crippen LogP contribution in [0.15, 0.2) is 24.9 Å². The number of nitrogens with two attached hydrogens (primary N) is 1. The lowest BCUT2D eigenvalue weighted by atomic mass is 10.3. The highest BCUT2D eigenvalue weighted by atomic mass is 35.5. The highest BCUT2D eigenvalue weighted by molar-refractivity contribution is 6.30. The molecule has 13 heavy (non-hydrogen) atoms. The third-order valence-electron chi connectivity index (χ3n) is 1.63. The van der Waals surface area contributed by atoms with Crippen molar-refractivity contribution >= 4 is 23.1 Å². The van der Waals surface area contributed by atoms with Crippen LogP contribution in [0.1, 0.15) is 0 Å². The highest BCUT2D eigenvalue weighted by Crippen LogP contribution is 2.21. The molecule has 0 spiro atoms. The average Bonchev–Trinajstić information content (AvgIpc) is 2.04. The molecule has 0 saturated carbocycles. The van der Waals surface area contributed by atoms with Crippen LogP contribution in [0, 0.1) is 0 Å². The highest BCUT2D eigenvalue weighted by Gasteiger charge is 2.05. The topological polar surface area (TPSA) is 42.2 Å². The van der Waals surface area contributed by atoms with Crippen molar-refractivity contribution in [3.05, 3.63) is 29.9 Å². The summed E-state index contributed by atoms with van der Waals surface area (Å²) in [5.74, 6) is 0.726. The Morgan fingerprint density at radius 2 is 2.46 bits per heavy atom. The maximum Gasteiger partial charge on any atom is 0.151 e. The Morgan fingerprint density at radius 3 is 3.00 bits per heavy atom. The molecule has 0 aliphatic rings. The van der Waals surface area contributed by atoms with Crippen molar-refractivity contribution in [1.82, 2.24) is 4.98 Å².